The normalized spacial score (nSPS) is 14.4. The number of aliphatic hydroxyl groups is 1. The van der Waals surface area contributed by atoms with Crippen molar-refractivity contribution in [3.8, 4) is 0 Å². The first-order chi connectivity index (χ1) is 8.61. The van der Waals surface area contributed by atoms with Gasteiger partial charge in [0, 0.05) is 28.1 Å². The van der Waals surface area contributed by atoms with Gasteiger partial charge >= 0.3 is 0 Å². The van der Waals surface area contributed by atoms with E-state index in [9.17, 15) is 9.32 Å². The van der Waals surface area contributed by atoms with E-state index in [1.807, 2.05) is 12.1 Å². The molecule has 3 nitrogen and oxygen atoms in total. The third-order valence-electron chi connectivity index (χ3n) is 2.43. The van der Waals surface area contributed by atoms with Gasteiger partial charge in [-0.25, -0.2) is 0 Å². The SMILES string of the molecule is CCCNCC(O)CS(=O)Cc1ccc(Cl)cc1. The molecule has 2 unspecified atom stereocenters. The summed E-state index contributed by atoms with van der Waals surface area (Å²) in [6.07, 6.45) is 0.477. The fourth-order valence-electron chi connectivity index (χ4n) is 1.54. The molecule has 102 valence electrons. The van der Waals surface area contributed by atoms with E-state index in [2.05, 4.69) is 12.2 Å². The zero-order valence-corrected chi connectivity index (χ0v) is 12.1. The molecule has 0 spiro atoms. The summed E-state index contributed by atoms with van der Waals surface area (Å²) in [6, 6.07) is 7.30. The van der Waals surface area contributed by atoms with E-state index in [1.54, 1.807) is 12.1 Å². The molecule has 1 rings (SSSR count). The number of halogens is 1. The van der Waals surface area contributed by atoms with Crippen LogP contribution in [0.3, 0.4) is 0 Å². The summed E-state index contributed by atoms with van der Waals surface area (Å²) in [6.45, 7) is 3.44. The fraction of sp³-hybridized carbons (Fsp3) is 0.538. The van der Waals surface area contributed by atoms with Crippen LogP contribution >= 0.6 is 11.6 Å². The van der Waals surface area contributed by atoms with Crippen LogP contribution < -0.4 is 5.32 Å². The van der Waals surface area contributed by atoms with Gasteiger partial charge in [-0.05, 0) is 30.7 Å². The van der Waals surface area contributed by atoms with Crippen molar-refractivity contribution in [2.75, 3.05) is 18.8 Å². The molecule has 2 N–H and O–H groups in total. The van der Waals surface area contributed by atoms with Gasteiger partial charge in [0.05, 0.1) is 11.9 Å². The second kappa shape index (κ2) is 8.64. The number of hydrogen-bond donors (Lipinski definition) is 2. The average Bonchev–Trinajstić information content (AvgIpc) is 2.32. The van der Waals surface area contributed by atoms with Crippen molar-refractivity contribution in [2.45, 2.75) is 25.2 Å². The van der Waals surface area contributed by atoms with Crippen molar-refractivity contribution in [3.05, 3.63) is 34.9 Å². The molecule has 5 heteroatoms. The highest BCUT2D eigenvalue weighted by Crippen LogP contribution is 2.11. The van der Waals surface area contributed by atoms with Gasteiger partial charge < -0.3 is 10.4 Å². The van der Waals surface area contributed by atoms with Gasteiger partial charge in [-0.15, -0.1) is 0 Å². The van der Waals surface area contributed by atoms with E-state index in [0.717, 1.165) is 18.5 Å². The second-order valence-corrected chi connectivity index (χ2v) is 6.17. The molecule has 1 aromatic carbocycles. The molecule has 0 bridgehead atoms. The van der Waals surface area contributed by atoms with Gasteiger partial charge in [0.2, 0.25) is 0 Å². The largest absolute Gasteiger partial charge is 0.391 e. The molecule has 0 heterocycles. The lowest BCUT2D eigenvalue weighted by Crippen LogP contribution is -2.31. The highest BCUT2D eigenvalue weighted by atomic mass is 35.5. The van der Waals surface area contributed by atoms with Crippen LogP contribution in [0.2, 0.25) is 5.02 Å². The quantitative estimate of drug-likeness (QED) is 0.719. The molecular formula is C13H20ClNO2S. The van der Waals surface area contributed by atoms with Gasteiger partial charge in [-0.2, -0.15) is 0 Å². The second-order valence-electron chi connectivity index (χ2n) is 4.24. The maximum atomic E-state index is 11.8. The Labute approximate surface area is 116 Å². The first kappa shape index (κ1) is 15.6. The smallest absolute Gasteiger partial charge is 0.0779 e. The van der Waals surface area contributed by atoms with Crippen molar-refractivity contribution in [1.29, 1.82) is 0 Å². The number of rotatable bonds is 8. The minimum absolute atomic E-state index is 0.305. The monoisotopic (exact) mass is 289 g/mol. The first-order valence-corrected chi connectivity index (χ1v) is 7.96. The van der Waals surface area contributed by atoms with Crippen LogP contribution in [0.25, 0.3) is 0 Å². The molecular weight excluding hydrogens is 270 g/mol. The lowest BCUT2D eigenvalue weighted by atomic mass is 10.2. The first-order valence-electron chi connectivity index (χ1n) is 6.10. The summed E-state index contributed by atoms with van der Waals surface area (Å²) >= 11 is 5.78. The zero-order valence-electron chi connectivity index (χ0n) is 10.6. The Hall–Kier alpha value is -0.420. The molecule has 0 aromatic heterocycles. The van der Waals surface area contributed by atoms with Crippen LogP contribution in [0.1, 0.15) is 18.9 Å². The summed E-state index contributed by atoms with van der Waals surface area (Å²) in [5, 5.41) is 13.5. The Kier molecular flexibility index (Phi) is 7.51. The summed E-state index contributed by atoms with van der Waals surface area (Å²) in [7, 11) is -1.05. The maximum absolute atomic E-state index is 11.8. The van der Waals surface area contributed by atoms with Crippen molar-refractivity contribution in [2.24, 2.45) is 0 Å². The third-order valence-corrected chi connectivity index (χ3v) is 4.09. The Balaban J connectivity index is 2.30. The van der Waals surface area contributed by atoms with Crippen molar-refractivity contribution in [3.63, 3.8) is 0 Å². The van der Waals surface area contributed by atoms with Crippen LogP contribution in [0, 0.1) is 0 Å². The zero-order chi connectivity index (χ0) is 13.4. The maximum Gasteiger partial charge on any atom is 0.0779 e. The van der Waals surface area contributed by atoms with E-state index >= 15 is 0 Å². The predicted molar refractivity (Wildman–Crippen MR) is 77.3 cm³/mol. The molecule has 0 radical (unpaired) electrons. The Morgan fingerprint density at radius 2 is 2.06 bits per heavy atom. The third kappa shape index (κ3) is 6.50. The fourth-order valence-corrected chi connectivity index (χ4v) is 2.90. The van der Waals surface area contributed by atoms with E-state index in [0.29, 0.717) is 23.1 Å². The van der Waals surface area contributed by atoms with E-state index in [1.165, 1.54) is 0 Å². The molecule has 2 atom stereocenters. The summed E-state index contributed by atoms with van der Waals surface area (Å²) in [4.78, 5) is 0. The van der Waals surface area contributed by atoms with Crippen LogP contribution in [0.5, 0.6) is 0 Å². The van der Waals surface area contributed by atoms with Gasteiger partial charge in [0.25, 0.3) is 0 Å². The molecule has 0 aliphatic rings. The average molecular weight is 290 g/mol. The number of aliphatic hydroxyl groups excluding tert-OH is 1. The minimum Gasteiger partial charge on any atom is -0.391 e. The molecule has 0 saturated heterocycles. The molecule has 0 fully saturated rings. The summed E-state index contributed by atoms with van der Waals surface area (Å²) in [5.41, 5.74) is 0.978. The molecule has 0 amide bonds. The van der Waals surface area contributed by atoms with Gasteiger partial charge in [0.15, 0.2) is 0 Å². The molecule has 1 aromatic rings. The van der Waals surface area contributed by atoms with Gasteiger partial charge in [-0.1, -0.05) is 30.7 Å². The van der Waals surface area contributed by atoms with Gasteiger partial charge in [-0.3, -0.25) is 4.21 Å². The van der Waals surface area contributed by atoms with Crippen LogP contribution in [-0.2, 0) is 16.6 Å². The van der Waals surface area contributed by atoms with Crippen LogP contribution in [-0.4, -0.2) is 34.3 Å². The predicted octanol–water partition coefficient (Wildman–Crippen LogP) is 1.95. The van der Waals surface area contributed by atoms with Crippen molar-refractivity contribution < 1.29 is 9.32 Å². The number of hydrogen-bond acceptors (Lipinski definition) is 3. The lowest BCUT2D eigenvalue weighted by Gasteiger charge is -2.11. The molecule has 0 aliphatic carbocycles. The number of benzene rings is 1. The minimum atomic E-state index is -1.05. The van der Waals surface area contributed by atoms with E-state index in [4.69, 9.17) is 11.6 Å². The van der Waals surface area contributed by atoms with Crippen LogP contribution in [0.4, 0.5) is 0 Å². The Morgan fingerprint density at radius 3 is 2.67 bits per heavy atom. The van der Waals surface area contributed by atoms with Crippen LogP contribution in [0.15, 0.2) is 24.3 Å². The highest BCUT2D eigenvalue weighted by molar-refractivity contribution is 7.84. The van der Waals surface area contributed by atoms with E-state index in [-0.39, 0.29) is 0 Å². The molecule has 18 heavy (non-hydrogen) atoms. The van der Waals surface area contributed by atoms with E-state index < -0.39 is 16.9 Å². The number of nitrogens with one attached hydrogen (secondary N) is 1. The lowest BCUT2D eigenvalue weighted by molar-refractivity contribution is 0.195. The molecule has 0 aliphatic heterocycles. The van der Waals surface area contributed by atoms with Gasteiger partial charge in [0.1, 0.15) is 0 Å². The summed E-state index contributed by atoms with van der Waals surface area (Å²) < 4.78 is 11.8. The topological polar surface area (TPSA) is 49.3 Å². The highest BCUT2D eigenvalue weighted by Gasteiger charge is 2.09. The Bertz CT molecular complexity index is 370. The van der Waals surface area contributed by atoms with Crippen molar-refractivity contribution in [1.82, 2.24) is 5.32 Å². The standard InChI is InChI=1S/C13H20ClNO2S/c1-2-7-15-8-13(16)10-18(17)9-11-3-5-12(14)6-4-11/h3-6,13,15-16H,2,7-10H2,1H3. The Morgan fingerprint density at radius 1 is 1.39 bits per heavy atom. The molecule has 0 saturated carbocycles. The summed E-state index contributed by atoms with van der Waals surface area (Å²) in [5.74, 6) is 0.765. The van der Waals surface area contributed by atoms with Crippen molar-refractivity contribution >= 4 is 22.4 Å².